The number of nitrogens with one attached hydrogen (secondary N) is 1. The van der Waals surface area contributed by atoms with Crippen LogP contribution in [0.4, 0.5) is 0 Å². The molecule has 0 saturated carbocycles. The molecular formula is C13H16ClNO2. The Balaban J connectivity index is 1.83. The van der Waals surface area contributed by atoms with Crippen molar-refractivity contribution >= 4 is 11.6 Å². The van der Waals surface area contributed by atoms with Crippen LogP contribution in [0.2, 0.25) is 5.02 Å². The molecular weight excluding hydrogens is 238 g/mol. The normalized spacial score (nSPS) is 31.5. The molecule has 2 aliphatic heterocycles. The Morgan fingerprint density at radius 2 is 2.18 bits per heavy atom. The standard InChI is InChI=1S/C13H16ClNO2/c1-13(9-3-2-6-15-8-9)16-11-5-4-10(14)7-12(11)17-13/h4-5,7,9,15H,2-3,6,8H2,1H3. The molecule has 0 aromatic heterocycles. The molecule has 0 bridgehead atoms. The SMILES string of the molecule is CC1(C2CCCNC2)Oc2ccc(Cl)cc2O1. The van der Waals surface area contributed by atoms with Gasteiger partial charge >= 0.3 is 0 Å². The van der Waals surface area contributed by atoms with Crippen molar-refractivity contribution in [1.29, 1.82) is 0 Å². The lowest BCUT2D eigenvalue weighted by molar-refractivity contribution is -0.115. The summed E-state index contributed by atoms with van der Waals surface area (Å²) in [5.41, 5.74) is 0. The molecule has 3 rings (SSSR count). The minimum Gasteiger partial charge on any atom is -0.448 e. The molecule has 2 aliphatic rings. The van der Waals surface area contributed by atoms with Crippen LogP contribution in [-0.2, 0) is 0 Å². The number of halogens is 1. The highest BCUT2D eigenvalue weighted by Gasteiger charge is 2.44. The third kappa shape index (κ3) is 1.98. The van der Waals surface area contributed by atoms with Gasteiger partial charge in [-0.3, -0.25) is 0 Å². The van der Waals surface area contributed by atoms with Crippen molar-refractivity contribution in [2.24, 2.45) is 5.92 Å². The average Bonchev–Trinajstić information content (AvgIpc) is 2.67. The summed E-state index contributed by atoms with van der Waals surface area (Å²) in [5.74, 6) is 1.37. The van der Waals surface area contributed by atoms with Gasteiger partial charge < -0.3 is 14.8 Å². The van der Waals surface area contributed by atoms with Crippen LogP contribution in [0.15, 0.2) is 18.2 Å². The lowest BCUT2D eigenvalue weighted by Crippen LogP contribution is -2.49. The highest BCUT2D eigenvalue weighted by atomic mass is 35.5. The number of benzene rings is 1. The van der Waals surface area contributed by atoms with Crippen molar-refractivity contribution in [3.05, 3.63) is 23.2 Å². The topological polar surface area (TPSA) is 30.5 Å². The zero-order valence-corrected chi connectivity index (χ0v) is 10.6. The molecule has 2 unspecified atom stereocenters. The summed E-state index contributed by atoms with van der Waals surface area (Å²) in [6, 6.07) is 5.52. The van der Waals surface area contributed by atoms with Gasteiger partial charge in [0.15, 0.2) is 11.5 Å². The van der Waals surface area contributed by atoms with Gasteiger partial charge in [-0.25, -0.2) is 0 Å². The Morgan fingerprint density at radius 3 is 2.94 bits per heavy atom. The van der Waals surface area contributed by atoms with Gasteiger partial charge in [-0.2, -0.15) is 0 Å². The lowest BCUT2D eigenvalue weighted by atomic mass is 9.92. The number of fused-ring (bicyclic) bond motifs is 1. The van der Waals surface area contributed by atoms with Gasteiger partial charge in [0.2, 0.25) is 0 Å². The Bertz CT molecular complexity index is 431. The van der Waals surface area contributed by atoms with E-state index in [0.717, 1.165) is 31.0 Å². The van der Waals surface area contributed by atoms with Gasteiger partial charge in [-0.1, -0.05) is 11.6 Å². The fourth-order valence-electron chi connectivity index (χ4n) is 2.57. The fraction of sp³-hybridized carbons (Fsp3) is 0.538. The van der Waals surface area contributed by atoms with E-state index in [1.807, 2.05) is 25.1 Å². The maximum absolute atomic E-state index is 5.97. The molecule has 2 heterocycles. The molecule has 0 radical (unpaired) electrons. The second-order valence-corrected chi connectivity index (χ2v) is 5.29. The van der Waals surface area contributed by atoms with Crippen LogP contribution in [0.25, 0.3) is 0 Å². The van der Waals surface area contributed by atoms with E-state index in [1.54, 1.807) is 0 Å². The van der Waals surface area contributed by atoms with Gasteiger partial charge in [0.05, 0.1) is 0 Å². The van der Waals surface area contributed by atoms with E-state index in [4.69, 9.17) is 21.1 Å². The van der Waals surface area contributed by atoms with Gasteiger partial charge in [-0.15, -0.1) is 0 Å². The van der Waals surface area contributed by atoms with E-state index in [-0.39, 0.29) is 0 Å². The molecule has 92 valence electrons. The zero-order chi connectivity index (χ0) is 11.9. The van der Waals surface area contributed by atoms with Crippen molar-refractivity contribution in [2.75, 3.05) is 13.1 Å². The van der Waals surface area contributed by atoms with E-state index < -0.39 is 5.79 Å². The minimum absolute atomic E-state index is 0.377. The van der Waals surface area contributed by atoms with Crippen LogP contribution in [0.1, 0.15) is 19.8 Å². The molecule has 2 atom stereocenters. The van der Waals surface area contributed by atoms with Gasteiger partial charge in [0.1, 0.15) is 0 Å². The quantitative estimate of drug-likeness (QED) is 0.835. The smallest absolute Gasteiger partial charge is 0.252 e. The van der Waals surface area contributed by atoms with Crippen LogP contribution in [0.5, 0.6) is 11.5 Å². The van der Waals surface area contributed by atoms with Crippen LogP contribution in [0.3, 0.4) is 0 Å². The third-order valence-electron chi connectivity index (χ3n) is 3.57. The van der Waals surface area contributed by atoms with Crippen LogP contribution in [-0.4, -0.2) is 18.9 Å². The molecule has 0 aliphatic carbocycles. The molecule has 1 saturated heterocycles. The number of hydrogen-bond donors (Lipinski definition) is 1. The number of ether oxygens (including phenoxy) is 2. The second-order valence-electron chi connectivity index (χ2n) is 4.85. The minimum atomic E-state index is -0.555. The first-order chi connectivity index (χ1) is 8.17. The Morgan fingerprint density at radius 1 is 1.35 bits per heavy atom. The van der Waals surface area contributed by atoms with Crippen molar-refractivity contribution in [2.45, 2.75) is 25.6 Å². The first-order valence-electron chi connectivity index (χ1n) is 6.06. The van der Waals surface area contributed by atoms with Gasteiger partial charge in [-0.05, 0) is 31.5 Å². The average molecular weight is 254 g/mol. The summed E-state index contributed by atoms with van der Waals surface area (Å²) >= 11 is 5.95. The highest BCUT2D eigenvalue weighted by Crippen LogP contribution is 2.44. The van der Waals surface area contributed by atoms with Crippen LogP contribution < -0.4 is 14.8 Å². The van der Waals surface area contributed by atoms with E-state index in [1.165, 1.54) is 6.42 Å². The first kappa shape index (κ1) is 11.2. The number of piperidine rings is 1. The Hall–Kier alpha value is -0.930. The monoisotopic (exact) mass is 253 g/mol. The summed E-state index contributed by atoms with van der Waals surface area (Å²) in [6.45, 7) is 4.04. The van der Waals surface area contributed by atoms with Gasteiger partial charge in [0, 0.05) is 30.5 Å². The van der Waals surface area contributed by atoms with Gasteiger partial charge in [0.25, 0.3) is 5.79 Å². The van der Waals surface area contributed by atoms with Crippen LogP contribution >= 0.6 is 11.6 Å². The molecule has 0 spiro atoms. The first-order valence-corrected chi connectivity index (χ1v) is 6.43. The highest BCUT2D eigenvalue weighted by molar-refractivity contribution is 6.30. The van der Waals surface area contributed by atoms with E-state index in [2.05, 4.69) is 5.32 Å². The number of rotatable bonds is 1. The summed E-state index contributed by atoms with van der Waals surface area (Å²) in [6.07, 6.45) is 2.30. The Kier molecular flexibility index (Phi) is 2.68. The molecule has 17 heavy (non-hydrogen) atoms. The summed E-state index contributed by atoms with van der Waals surface area (Å²) in [4.78, 5) is 0. The number of hydrogen-bond acceptors (Lipinski definition) is 3. The maximum atomic E-state index is 5.97. The maximum Gasteiger partial charge on any atom is 0.252 e. The summed E-state index contributed by atoms with van der Waals surface area (Å²) in [5, 5.41) is 4.07. The summed E-state index contributed by atoms with van der Waals surface area (Å²) in [7, 11) is 0. The van der Waals surface area contributed by atoms with E-state index in [0.29, 0.717) is 10.9 Å². The molecule has 4 heteroatoms. The molecule has 1 aromatic rings. The predicted molar refractivity (Wildman–Crippen MR) is 66.7 cm³/mol. The fourth-order valence-corrected chi connectivity index (χ4v) is 2.73. The lowest BCUT2D eigenvalue weighted by Gasteiger charge is -2.34. The summed E-state index contributed by atoms with van der Waals surface area (Å²) < 4.78 is 11.9. The molecule has 1 aromatic carbocycles. The van der Waals surface area contributed by atoms with Crippen molar-refractivity contribution in [3.8, 4) is 11.5 Å². The van der Waals surface area contributed by atoms with E-state index in [9.17, 15) is 0 Å². The van der Waals surface area contributed by atoms with E-state index >= 15 is 0 Å². The molecule has 1 N–H and O–H groups in total. The van der Waals surface area contributed by atoms with Crippen molar-refractivity contribution < 1.29 is 9.47 Å². The largest absolute Gasteiger partial charge is 0.448 e. The third-order valence-corrected chi connectivity index (χ3v) is 3.80. The second kappa shape index (κ2) is 4.07. The van der Waals surface area contributed by atoms with Crippen molar-refractivity contribution in [3.63, 3.8) is 0 Å². The molecule has 3 nitrogen and oxygen atoms in total. The zero-order valence-electron chi connectivity index (χ0n) is 9.83. The van der Waals surface area contributed by atoms with Crippen LogP contribution in [0, 0.1) is 5.92 Å². The Labute approximate surface area is 106 Å². The molecule has 0 amide bonds. The van der Waals surface area contributed by atoms with Crippen molar-refractivity contribution in [1.82, 2.24) is 5.32 Å². The molecule has 1 fully saturated rings. The predicted octanol–water partition coefficient (Wildman–Crippen LogP) is 2.83.